The normalized spacial score (nSPS) is 13.4. The highest BCUT2D eigenvalue weighted by molar-refractivity contribution is 9.10. The van der Waals surface area contributed by atoms with Crippen LogP contribution in [-0.4, -0.2) is 5.78 Å². The fourth-order valence-electron chi connectivity index (χ4n) is 2.00. The molecule has 0 saturated carbocycles. The second kappa shape index (κ2) is 4.00. The van der Waals surface area contributed by atoms with Crippen LogP contribution in [0.1, 0.15) is 21.5 Å². The number of carbonyl (C=O) groups excluding carboxylic acids is 1. The van der Waals surface area contributed by atoms with Gasteiger partial charge in [0.05, 0.1) is 10.0 Å². The van der Waals surface area contributed by atoms with Crippen molar-refractivity contribution in [2.45, 2.75) is 6.61 Å². The van der Waals surface area contributed by atoms with Gasteiger partial charge in [-0.2, -0.15) is 0 Å². The Kier molecular flexibility index (Phi) is 2.48. The highest BCUT2D eigenvalue weighted by Gasteiger charge is 2.22. The number of benzene rings is 2. The summed E-state index contributed by atoms with van der Waals surface area (Å²) >= 11 is 3.41. The molecule has 84 valence electrons. The molecule has 0 amide bonds. The zero-order valence-electron chi connectivity index (χ0n) is 8.94. The van der Waals surface area contributed by atoms with E-state index >= 15 is 0 Å². The molecule has 0 radical (unpaired) electrons. The molecule has 2 nitrogen and oxygen atoms in total. The van der Waals surface area contributed by atoms with Crippen molar-refractivity contribution in [3.8, 4) is 5.75 Å². The first-order valence-corrected chi connectivity index (χ1v) is 6.10. The Hall–Kier alpha value is -1.61. The van der Waals surface area contributed by atoms with Crippen molar-refractivity contribution in [1.82, 2.24) is 0 Å². The van der Waals surface area contributed by atoms with Gasteiger partial charge in [-0.3, -0.25) is 4.79 Å². The predicted octanol–water partition coefficient (Wildman–Crippen LogP) is 3.57. The Morgan fingerprint density at radius 1 is 1.00 bits per heavy atom. The van der Waals surface area contributed by atoms with E-state index in [-0.39, 0.29) is 5.78 Å². The largest absolute Gasteiger partial charge is 0.487 e. The summed E-state index contributed by atoms with van der Waals surface area (Å²) in [6.45, 7) is 0.428. The highest BCUT2D eigenvalue weighted by Crippen LogP contribution is 2.34. The van der Waals surface area contributed by atoms with E-state index in [0.29, 0.717) is 17.9 Å². The van der Waals surface area contributed by atoms with Gasteiger partial charge in [0.2, 0.25) is 0 Å². The van der Waals surface area contributed by atoms with Crippen molar-refractivity contribution in [2.75, 3.05) is 0 Å². The Morgan fingerprint density at radius 3 is 2.65 bits per heavy atom. The smallest absolute Gasteiger partial charge is 0.197 e. The molecule has 0 fully saturated rings. The van der Waals surface area contributed by atoms with Crippen LogP contribution in [0.4, 0.5) is 0 Å². The SMILES string of the molecule is O=C1c2ccccc2COc2c(Br)cccc21. The topological polar surface area (TPSA) is 26.3 Å². The molecule has 1 aliphatic heterocycles. The van der Waals surface area contributed by atoms with Crippen LogP contribution >= 0.6 is 15.9 Å². The summed E-state index contributed by atoms with van der Waals surface area (Å²) in [6.07, 6.45) is 0. The highest BCUT2D eigenvalue weighted by atomic mass is 79.9. The molecule has 0 unspecified atom stereocenters. The maximum absolute atomic E-state index is 12.4. The lowest BCUT2D eigenvalue weighted by atomic mass is 9.99. The zero-order valence-corrected chi connectivity index (χ0v) is 10.5. The molecule has 1 aliphatic rings. The molecule has 0 N–H and O–H groups in total. The van der Waals surface area contributed by atoms with Crippen LogP contribution < -0.4 is 4.74 Å². The van der Waals surface area contributed by atoms with E-state index < -0.39 is 0 Å². The first-order valence-electron chi connectivity index (χ1n) is 5.31. The van der Waals surface area contributed by atoms with Gasteiger partial charge in [-0.1, -0.05) is 30.3 Å². The average molecular weight is 289 g/mol. The van der Waals surface area contributed by atoms with E-state index in [1.54, 1.807) is 6.07 Å². The Balaban J connectivity index is 2.24. The summed E-state index contributed by atoms with van der Waals surface area (Å²) in [6, 6.07) is 13.1. The average Bonchev–Trinajstić information content (AvgIpc) is 2.50. The van der Waals surface area contributed by atoms with E-state index in [1.807, 2.05) is 36.4 Å². The van der Waals surface area contributed by atoms with Gasteiger partial charge in [0.25, 0.3) is 0 Å². The summed E-state index contributed by atoms with van der Waals surface area (Å²) in [7, 11) is 0. The van der Waals surface area contributed by atoms with Crippen molar-refractivity contribution >= 4 is 21.7 Å². The van der Waals surface area contributed by atoms with Crippen molar-refractivity contribution in [3.63, 3.8) is 0 Å². The number of rotatable bonds is 0. The van der Waals surface area contributed by atoms with Crippen molar-refractivity contribution in [1.29, 1.82) is 0 Å². The summed E-state index contributed by atoms with van der Waals surface area (Å²) in [5.74, 6) is 0.656. The molecule has 0 atom stereocenters. The predicted molar refractivity (Wildman–Crippen MR) is 68.3 cm³/mol. The van der Waals surface area contributed by atoms with Crippen molar-refractivity contribution in [3.05, 3.63) is 63.6 Å². The second-order valence-electron chi connectivity index (χ2n) is 3.89. The third-order valence-corrected chi connectivity index (χ3v) is 3.47. The van der Waals surface area contributed by atoms with E-state index in [1.165, 1.54) is 0 Å². The number of hydrogen-bond acceptors (Lipinski definition) is 2. The van der Waals surface area contributed by atoms with Gasteiger partial charge in [0.1, 0.15) is 12.4 Å². The van der Waals surface area contributed by atoms with Crippen molar-refractivity contribution < 1.29 is 9.53 Å². The molecule has 0 aromatic heterocycles. The molecule has 2 aromatic carbocycles. The molecule has 0 saturated heterocycles. The van der Waals surface area contributed by atoms with Crippen LogP contribution in [0.5, 0.6) is 5.75 Å². The molecule has 2 aromatic rings. The second-order valence-corrected chi connectivity index (χ2v) is 4.75. The summed E-state index contributed by atoms with van der Waals surface area (Å²) < 4.78 is 6.52. The molecule has 1 heterocycles. The van der Waals surface area contributed by atoms with Gasteiger partial charge >= 0.3 is 0 Å². The maximum Gasteiger partial charge on any atom is 0.197 e. The number of ketones is 1. The third-order valence-electron chi connectivity index (χ3n) is 2.85. The molecule has 3 heteroatoms. The van der Waals surface area contributed by atoms with Crippen LogP contribution in [-0.2, 0) is 6.61 Å². The van der Waals surface area contributed by atoms with Crippen LogP contribution in [0, 0.1) is 0 Å². The molecule has 17 heavy (non-hydrogen) atoms. The summed E-state index contributed by atoms with van der Waals surface area (Å²) in [5, 5.41) is 0. The minimum absolute atomic E-state index is 0.0226. The van der Waals surface area contributed by atoms with E-state index in [2.05, 4.69) is 15.9 Å². The lowest BCUT2D eigenvalue weighted by Gasteiger charge is -2.07. The van der Waals surface area contributed by atoms with E-state index in [0.717, 1.165) is 15.6 Å². The lowest BCUT2D eigenvalue weighted by molar-refractivity contribution is 0.103. The standard InChI is InChI=1S/C14H9BrO2/c15-12-7-3-6-11-13(16)10-5-2-1-4-9(10)8-17-14(11)12/h1-7H,8H2. The zero-order chi connectivity index (χ0) is 11.8. The van der Waals surface area contributed by atoms with Crippen molar-refractivity contribution in [2.24, 2.45) is 0 Å². The Morgan fingerprint density at radius 2 is 1.76 bits per heavy atom. The molecule has 0 spiro atoms. The number of hydrogen-bond donors (Lipinski definition) is 0. The maximum atomic E-state index is 12.4. The number of fused-ring (bicyclic) bond motifs is 2. The number of para-hydroxylation sites is 1. The Bertz CT molecular complexity index is 605. The van der Waals surface area contributed by atoms with Crippen LogP contribution in [0.15, 0.2) is 46.9 Å². The number of carbonyl (C=O) groups is 1. The molecular weight excluding hydrogens is 280 g/mol. The van der Waals surface area contributed by atoms with Gasteiger partial charge in [-0.25, -0.2) is 0 Å². The molecular formula is C14H9BrO2. The monoisotopic (exact) mass is 288 g/mol. The first-order chi connectivity index (χ1) is 8.27. The third kappa shape index (κ3) is 1.67. The van der Waals surface area contributed by atoms with Gasteiger partial charge in [0.15, 0.2) is 5.78 Å². The summed E-state index contributed by atoms with van der Waals surface area (Å²) in [5.41, 5.74) is 2.27. The van der Waals surface area contributed by atoms with Gasteiger partial charge < -0.3 is 4.74 Å². The lowest BCUT2D eigenvalue weighted by Crippen LogP contribution is -2.02. The molecule has 0 bridgehead atoms. The number of ether oxygens (including phenoxy) is 1. The fourth-order valence-corrected chi connectivity index (χ4v) is 2.48. The van der Waals surface area contributed by atoms with Gasteiger partial charge in [0, 0.05) is 11.1 Å². The van der Waals surface area contributed by atoms with Crippen LogP contribution in [0.3, 0.4) is 0 Å². The van der Waals surface area contributed by atoms with Crippen LogP contribution in [0.2, 0.25) is 0 Å². The Labute approximate surface area is 107 Å². The van der Waals surface area contributed by atoms with Gasteiger partial charge in [-0.15, -0.1) is 0 Å². The quantitative estimate of drug-likeness (QED) is 0.741. The summed E-state index contributed by atoms with van der Waals surface area (Å²) in [4.78, 5) is 12.4. The minimum Gasteiger partial charge on any atom is -0.487 e. The molecule has 3 rings (SSSR count). The molecule has 0 aliphatic carbocycles. The number of halogens is 1. The van der Waals surface area contributed by atoms with Gasteiger partial charge in [-0.05, 0) is 28.1 Å². The van der Waals surface area contributed by atoms with Crippen LogP contribution in [0.25, 0.3) is 0 Å². The fraction of sp³-hybridized carbons (Fsp3) is 0.0714. The van der Waals surface area contributed by atoms with E-state index in [4.69, 9.17) is 4.74 Å². The first kappa shape index (κ1) is 10.5. The minimum atomic E-state index is 0.0226. The van der Waals surface area contributed by atoms with E-state index in [9.17, 15) is 4.79 Å².